The third-order valence-corrected chi connectivity index (χ3v) is 5.72. The first kappa shape index (κ1) is 24.7. The number of ketones is 1. The number of carbonyl (C=O) groups is 3. The fourth-order valence-corrected chi connectivity index (χ4v) is 4.20. The normalized spacial score (nSPS) is 16.9. The van der Waals surface area contributed by atoms with Gasteiger partial charge >= 0.3 is 0 Å². The predicted molar refractivity (Wildman–Crippen MR) is 137 cm³/mol. The number of aryl methyl sites for hydroxylation is 1. The summed E-state index contributed by atoms with van der Waals surface area (Å²) < 4.78 is 5.78. The topological polar surface area (TPSA) is 109 Å². The van der Waals surface area contributed by atoms with Gasteiger partial charge in [0.2, 0.25) is 5.91 Å². The summed E-state index contributed by atoms with van der Waals surface area (Å²) >= 11 is 0. The van der Waals surface area contributed by atoms with E-state index in [4.69, 9.17) is 4.74 Å². The number of carbonyl (C=O) groups excluding carboxylic acids is 3. The summed E-state index contributed by atoms with van der Waals surface area (Å²) in [7, 11) is 0. The van der Waals surface area contributed by atoms with Crippen LogP contribution in [0.3, 0.4) is 0 Å². The minimum atomic E-state index is -0.891. The molecule has 4 rings (SSSR count). The fourth-order valence-electron chi connectivity index (χ4n) is 4.20. The summed E-state index contributed by atoms with van der Waals surface area (Å²) in [4.78, 5) is 43.4. The van der Waals surface area contributed by atoms with Crippen LogP contribution >= 0.6 is 0 Å². The summed E-state index contributed by atoms with van der Waals surface area (Å²) in [5.74, 6) is -1.40. The summed E-state index contributed by atoms with van der Waals surface area (Å²) in [6.07, 6.45) is 3.14. The lowest BCUT2D eigenvalue weighted by Crippen LogP contribution is -2.29. The standard InChI is InChI=1S/C28H27N3O5/c1-16(2)36-23-12-7-19(14-17(23)3)26(33)24-25(20-6-5-13-29-15-20)31(28(35)27(24)34)22-10-8-21(9-11-22)30-18(4)32/h5-16,25,33H,1-4H3,(H,30,32)/b26-24-. The van der Waals surface area contributed by atoms with Crippen LogP contribution in [-0.4, -0.2) is 33.8 Å². The molecule has 2 aromatic carbocycles. The molecule has 0 spiro atoms. The van der Waals surface area contributed by atoms with Crippen molar-refractivity contribution in [1.82, 2.24) is 4.98 Å². The van der Waals surface area contributed by atoms with E-state index in [1.54, 1.807) is 67.0 Å². The lowest BCUT2D eigenvalue weighted by Gasteiger charge is -2.25. The molecule has 2 heterocycles. The van der Waals surface area contributed by atoms with Crippen LogP contribution in [0.25, 0.3) is 5.76 Å². The Labute approximate surface area is 209 Å². The maximum Gasteiger partial charge on any atom is 0.300 e. The number of hydrogen-bond acceptors (Lipinski definition) is 6. The van der Waals surface area contributed by atoms with Crippen LogP contribution in [0, 0.1) is 6.92 Å². The lowest BCUT2D eigenvalue weighted by atomic mass is 9.95. The van der Waals surface area contributed by atoms with Crippen molar-refractivity contribution in [2.45, 2.75) is 39.8 Å². The zero-order valence-corrected chi connectivity index (χ0v) is 20.5. The fraction of sp³-hybridized carbons (Fsp3) is 0.214. The maximum atomic E-state index is 13.3. The van der Waals surface area contributed by atoms with Crippen LogP contribution in [0.15, 0.2) is 72.6 Å². The predicted octanol–water partition coefficient (Wildman–Crippen LogP) is 4.76. The van der Waals surface area contributed by atoms with Gasteiger partial charge in [-0.2, -0.15) is 0 Å². The summed E-state index contributed by atoms with van der Waals surface area (Å²) in [6, 6.07) is 14.3. The lowest BCUT2D eigenvalue weighted by molar-refractivity contribution is -0.132. The van der Waals surface area contributed by atoms with Crippen molar-refractivity contribution in [2.24, 2.45) is 0 Å². The molecule has 0 aliphatic carbocycles. The molecular formula is C28H27N3O5. The van der Waals surface area contributed by atoms with Gasteiger partial charge < -0.3 is 15.2 Å². The number of aromatic nitrogens is 1. The van der Waals surface area contributed by atoms with Gasteiger partial charge in [0.15, 0.2) is 0 Å². The maximum absolute atomic E-state index is 13.3. The van der Waals surface area contributed by atoms with Crippen molar-refractivity contribution >= 4 is 34.7 Å². The Morgan fingerprint density at radius 1 is 1.11 bits per heavy atom. The van der Waals surface area contributed by atoms with Crippen molar-refractivity contribution in [2.75, 3.05) is 10.2 Å². The molecule has 1 fully saturated rings. The van der Waals surface area contributed by atoms with E-state index in [1.165, 1.54) is 11.8 Å². The number of nitrogens with zero attached hydrogens (tertiary/aromatic N) is 2. The first-order valence-electron chi connectivity index (χ1n) is 11.5. The molecule has 1 atom stereocenters. The van der Waals surface area contributed by atoms with Crippen LogP contribution in [0.2, 0.25) is 0 Å². The largest absolute Gasteiger partial charge is 0.507 e. The van der Waals surface area contributed by atoms with E-state index in [9.17, 15) is 19.5 Å². The minimum absolute atomic E-state index is 0.0175. The molecule has 3 aromatic rings. The van der Waals surface area contributed by atoms with Gasteiger partial charge in [0, 0.05) is 36.3 Å². The van der Waals surface area contributed by atoms with Gasteiger partial charge in [0.25, 0.3) is 11.7 Å². The van der Waals surface area contributed by atoms with Gasteiger partial charge in [-0.05, 0) is 80.4 Å². The number of pyridine rings is 1. The SMILES string of the molecule is CC(=O)Nc1ccc(N2C(=O)C(=O)/C(=C(\O)c3ccc(OC(C)C)c(C)c3)C2c2cccnc2)cc1. The van der Waals surface area contributed by atoms with Crippen LogP contribution in [-0.2, 0) is 14.4 Å². The Kier molecular flexibility index (Phi) is 6.87. The molecule has 1 aliphatic heterocycles. The molecule has 0 radical (unpaired) electrons. The van der Waals surface area contributed by atoms with Crippen molar-refractivity contribution in [1.29, 1.82) is 0 Å². The number of rotatable bonds is 6. The van der Waals surface area contributed by atoms with Crippen LogP contribution in [0.1, 0.15) is 43.5 Å². The summed E-state index contributed by atoms with van der Waals surface area (Å²) in [5.41, 5.74) is 2.72. The van der Waals surface area contributed by atoms with Gasteiger partial charge in [-0.1, -0.05) is 6.07 Å². The van der Waals surface area contributed by atoms with Crippen LogP contribution in [0.4, 0.5) is 11.4 Å². The number of ether oxygens (including phenoxy) is 1. The average Bonchev–Trinajstić information content (AvgIpc) is 3.11. The highest BCUT2D eigenvalue weighted by Gasteiger charge is 2.47. The van der Waals surface area contributed by atoms with E-state index in [1.807, 2.05) is 20.8 Å². The van der Waals surface area contributed by atoms with Crippen LogP contribution in [0.5, 0.6) is 5.75 Å². The molecule has 8 heteroatoms. The minimum Gasteiger partial charge on any atom is -0.507 e. The second kappa shape index (κ2) is 10.0. The van der Waals surface area contributed by atoms with E-state index in [0.717, 1.165) is 5.56 Å². The highest BCUT2D eigenvalue weighted by Crippen LogP contribution is 2.42. The molecule has 2 amide bonds. The molecular weight excluding hydrogens is 458 g/mol. The van der Waals surface area contributed by atoms with Gasteiger partial charge in [-0.15, -0.1) is 0 Å². The van der Waals surface area contributed by atoms with Gasteiger partial charge in [-0.25, -0.2) is 0 Å². The quantitative estimate of drug-likeness (QED) is 0.296. The zero-order chi connectivity index (χ0) is 26.0. The first-order valence-corrected chi connectivity index (χ1v) is 11.5. The smallest absolute Gasteiger partial charge is 0.300 e. The van der Waals surface area contributed by atoms with Crippen LogP contribution < -0.4 is 15.0 Å². The zero-order valence-electron chi connectivity index (χ0n) is 20.5. The Hall–Kier alpha value is -4.46. The second-order valence-corrected chi connectivity index (χ2v) is 8.83. The summed E-state index contributed by atoms with van der Waals surface area (Å²) in [5, 5.41) is 14.0. The Balaban J connectivity index is 1.83. The van der Waals surface area contributed by atoms with E-state index in [2.05, 4.69) is 10.3 Å². The number of anilines is 2. The van der Waals surface area contributed by atoms with E-state index >= 15 is 0 Å². The number of hydrogen-bond donors (Lipinski definition) is 2. The number of Topliss-reactive ketones (excluding diaryl/α,β-unsaturated/α-hetero) is 1. The average molecular weight is 486 g/mol. The molecule has 1 saturated heterocycles. The van der Waals surface area contributed by atoms with Crippen molar-refractivity contribution in [3.05, 3.63) is 89.3 Å². The van der Waals surface area contributed by atoms with Gasteiger partial charge in [0.1, 0.15) is 11.5 Å². The van der Waals surface area contributed by atoms with Crippen molar-refractivity contribution in [3.63, 3.8) is 0 Å². The molecule has 1 aromatic heterocycles. The molecule has 8 nitrogen and oxygen atoms in total. The molecule has 2 N–H and O–H groups in total. The Morgan fingerprint density at radius 3 is 2.42 bits per heavy atom. The molecule has 0 saturated carbocycles. The van der Waals surface area contributed by atoms with E-state index < -0.39 is 17.7 Å². The third kappa shape index (κ3) is 4.84. The highest BCUT2D eigenvalue weighted by molar-refractivity contribution is 6.51. The monoisotopic (exact) mass is 485 g/mol. The van der Waals surface area contributed by atoms with E-state index in [-0.39, 0.29) is 23.3 Å². The Morgan fingerprint density at radius 2 is 1.83 bits per heavy atom. The number of benzene rings is 2. The third-order valence-electron chi connectivity index (χ3n) is 5.72. The number of amides is 2. The molecule has 36 heavy (non-hydrogen) atoms. The van der Waals surface area contributed by atoms with Gasteiger partial charge in [0.05, 0.1) is 17.7 Å². The number of aliphatic hydroxyl groups excluding tert-OH is 1. The highest BCUT2D eigenvalue weighted by atomic mass is 16.5. The second-order valence-electron chi connectivity index (χ2n) is 8.83. The first-order chi connectivity index (χ1) is 17.2. The van der Waals surface area contributed by atoms with Crippen molar-refractivity contribution in [3.8, 4) is 5.75 Å². The number of aliphatic hydroxyl groups is 1. The van der Waals surface area contributed by atoms with Crippen molar-refractivity contribution < 1.29 is 24.2 Å². The summed E-state index contributed by atoms with van der Waals surface area (Å²) in [6.45, 7) is 7.09. The molecule has 184 valence electrons. The van der Waals surface area contributed by atoms with Gasteiger partial charge in [-0.3, -0.25) is 24.3 Å². The van der Waals surface area contributed by atoms with E-state index in [0.29, 0.717) is 28.3 Å². The number of nitrogens with one attached hydrogen (secondary N) is 1. The Bertz CT molecular complexity index is 1350. The molecule has 1 aliphatic rings. The molecule has 1 unspecified atom stereocenters. The molecule has 0 bridgehead atoms.